The van der Waals surface area contributed by atoms with E-state index in [9.17, 15) is 9.59 Å². The van der Waals surface area contributed by atoms with Gasteiger partial charge in [0.2, 0.25) is 5.76 Å². The highest BCUT2D eigenvalue weighted by Gasteiger charge is 2.29. The van der Waals surface area contributed by atoms with E-state index in [1.165, 1.54) is 6.20 Å². The molecule has 0 N–H and O–H groups in total. The fraction of sp³-hybridized carbons (Fsp3) is 0.583. The fourth-order valence-electron chi connectivity index (χ4n) is 2.06. The van der Waals surface area contributed by atoms with Crippen molar-refractivity contribution in [3.8, 4) is 0 Å². The summed E-state index contributed by atoms with van der Waals surface area (Å²) in [7, 11) is 0. The Morgan fingerprint density at radius 3 is 2.78 bits per heavy atom. The van der Waals surface area contributed by atoms with Gasteiger partial charge in [0.25, 0.3) is 5.91 Å². The summed E-state index contributed by atoms with van der Waals surface area (Å²) in [5.41, 5.74) is 0. The maximum Gasteiger partial charge on any atom is 0.309 e. The molecule has 6 nitrogen and oxygen atoms in total. The molecule has 1 aromatic rings. The van der Waals surface area contributed by atoms with Gasteiger partial charge in [-0.3, -0.25) is 9.59 Å². The molecule has 1 aliphatic rings. The molecule has 2 heterocycles. The molecule has 2 rings (SSSR count). The molecule has 0 atom stereocenters. The summed E-state index contributed by atoms with van der Waals surface area (Å²) in [5, 5.41) is 3.51. The van der Waals surface area contributed by atoms with Crippen LogP contribution in [0.3, 0.4) is 0 Å². The van der Waals surface area contributed by atoms with Crippen molar-refractivity contribution < 1.29 is 18.8 Å². The molecule has 1 aromatic heterocycles. The maximum atomic E-state index is 11.9. The van der Waals surface area contributed by atoms with Gasteiger partial charge in [0.05, 0.1) is 18.7 Å². The van der Waals surface area contributed by atoms with Crippen LogP contribution in [0.2, 0.25) is 0 Å². The van der Waals surface area contributed by atoms with E-state index in [4.69, 9.17) is 9.26 Å². The Labute approximate surface area is 105 Å². The molecule has 1 amide bonds. The predicted octanol–water partition coefficient (Wildman–Crippen LogP) is 1.09. The smallest absolute Gasteiger partial charge is 0.309 e. The SMILES string of the molecule is CCOC(=O)C1CCN(C(=O)c2ccno2)CC1. The molecule has 98 valence electrons. The van der Waals surface area contributed by atoms with E-state index in [1.54, 1.807) is 17.9 Å². The van der Waals surface area contributed by atoms with Crippen LogP contribution in [0.4, 0.5) is 0 Å². The molecule has 0 bridgehead atoms. The van der Waals surface area contributed by atoms with E-state index in [0.717, 1.165) is 0 Å². The quantitative estimate of drug-likeness (QED) is 0.753. The van der Waals surface area contributed by atoms with Crippen LogP contribution in [0.25, 0.3) is 0 Å². The molecule has 0 aliphatic carbocycles. The highest BCUT2D eigenvalue weighted by molar-refractivity contribution is 5.91. The Morgan fingerprint density at radius 1 is 1.50 bits per heavy atom. The van der Waals surface area contributed by atoms with Crippen LogP contribution in [-0.2, 0) is 9.53 Å². The van der Waals surface area contributed by atoms with Crippen LogP contribution in [-0.4, -0.2) is 41.6 Å². The van der Waals surface area contributed by atoms with Crippen molar-refractivity contribution in [2.24, 2.45) is 5.92 Å². The molecule has 1 saturated heterocycles. The van der Waals surface area contributed by atoms with E-state index >= 15 is 0 Å². The molecule has 0 unspecified atom stereocenters. The van der Waals surface area contributed by atoms with Crippen molar-refractivity contribution in [3.63, 3.8) is 0 Å². The Balaban J connectivity index is 1.87. The summed E-state index contributed by atoms with van der Waals surface area (Å²) < 4.78 is 9.81. The lowest BCUT2D eigenvalue weighted by Gasteiger charge is -2.30. The topological polar surface area (TPSA) is 72.6 Å². The summed E-state index contributed by atoms with van der Waals surface area (Å²) in [6.07, 6.45) is 2.72. The van der Waals surface area contributed by atoms with Gasteiger partial charge >= 0.3 is 5.97 Å². The second-order valence-corrected chi connectivity index (χ2v) is 4.20. The number of rotatable bonds is 3. The van der Waals surface area contributed by atoms with Crippen molar-refractivity contribution in [2.45, 2.75) is 19.8 Å². The predicted molar refractivity (Wildman–Crippen MR) is 61.8 cm³/mol. The van der Waals surface area contributed by atoms with Gasteiger partial charge in [-0.2, -0.15) is 0 Å². The van der Waals surface area contributed by atoms with Gasteiger partial charge < -0.3 is 14.2 Å². The van der Waals surface area contributed by atoms with Crippen LogP contribution in [0, 0.1) is 5.92 Å². The number of hydrogen-bond donors (Lipinski definition) is 0. The third-order valence-corrected chi connectivity index (χ3v) is 3.05. The zero-order chi connectivity index (χ0) is 13.0. The minimum absolute atomic E-state index is 0.0938. The van der Waals surface area contributed by atoms with Crippen molar-refractivity contribution in [3.05, 3.63) is 18.0 Å². The zero-order valence-corrected chi connectivity index (χ0v) is 10.3. The lowest BCUT2D eigenvalue weighted by atomic mass is 9.97. The Kier molecular flexibility index (Phi) is 3.96. The molecule has 0 aromatic carbocycles. The van der Waals surface area contributed by atoms with Gasteiger partial charge in [-0.25, -0.2) is 0 Å². The summed E-state index contributed by atoms with van der Waals surface area (Å²) >= 11 is 0. The first kappa shape index (κ1) is 12.6. The molecule has 6 heteroatoms. The van der Waals surface area contributed by atoms with Gasteiger partial charge in [-0.15, -0.1) is 0 Å². The van der Waals surface area contributed by atoms with Gasteiger partial charge in [0, 0.05) is 19.2 Å². The van der Waals surface area contributed by atoms with Crippen molar-refractivity contribution in [1.82, 2.24) is 10.1 Å². The first-order valence-corrected chi connectivity index (χ1v) is 6.09. The van der Waals surface area contributed by atoms with Crippen molar-refractivity contribution in [1.29, 1.82) is 0 Å². The van der Waals surface area contributed by atoms with Crippen LogP contribution >= 0.6 is 0 Å². The summed E-state index contributed by atoms with van der Waals surface area (Å²) in [6, 6.07) is 1.54. The summed E-state index contributed by atoms with van der Waals surface area (Å²) in [4.78, 5) is 25.2. The van der Waals surface area contributed by atoms with Crippen molar-refractivity contribution in [2.75, 3.05) is 19.7 Å². The lowest BCUT2D eigenvalue weighted by molar-refractivity contribution is -0.149. The number of piperidine rings is 1. The van der Waals surface area contributed by atoms with Crippen LogP contribution in [0.5, 0.6) is 0 Å². The first-order valence-electron chi connectivity index (χ1n) is 6.09. The first-order chi connectivity index (χ1) is 8.72. The lowest BCUT2D eigenvalue weighted by Crippen LogP contribution is -2.40. The van der Waals surface area contributed by atoms with Crippen LogP contribution in [0.15, 0.2) is 16.8 Å². The van der Waals surface area contributed by atoms with Gasteiger partial charge in [-0.1, -0.05) is 5.16 Å². The Bertz CT molecular complexity index is 408. The largest absolute Gasteiger partial charge is 0.466 e. The average Bonchev–Trinajstić information content (AvgIpc) is 2.92. The number of aromatic nitrogens is 1. The number of carbonyl (C=O) groups is 2. The highest BCUT2D eigenvalue weighted by atomic mass is 16.5. The number of carbonyl (C=O) groups excluding carboxylic acids is 2. The number of ether oxygens (including phenoxy) is 1. The van der Waals surface area contributed by atoms with E-state index in [0.29, 0.717) is 32.5 Å². The van der Waals surface area contributed by atoms with E-state index in [2.05, 4.69) is 5.16 Å². The van der Waals surface area contributed by atoms with E-state index < -0.39 is 0 Å². The molecule has 0 radical (unpaired) electrons. The Hall–Kier alpha value is -1.85. The average molecular weight is 252 g/mol. The molecule has 18 heavy (non-hydrogen) atoms. The van der Waals surface area contributed by atoms with Gasteiger partial charge in [0.1, 0.15) is 0 Å². The van der Waals surface area contributed by atoms with Crippen LogP contribution < -0.4 is 0 Å². The molecule has 1 aliphatic heterocycles. The zero-order valence-electron chi connectivity index (χ0n) is 10.3. The normalized spacial score (nSPS) is 16.6. The minimum Gasteiger partial charge on any atom is -0.466 e. The summed E-state index contributed by atoms with van der Waals surface area (Å²) in [5.74, 6) is -0.188. The van der Waals surface area contributed by atoms with Crippen molar-refractivity contribution >= 4 is 11.9 Å². The number of esters is 1. The second-order valence-electron chi connectivity index (χ2n) is 4.20. The highest BCUT2D eigenvalue weighted by Crippen LogP contribution is 2.20. The minimum atomic E-state index is -0.171. The van der Waals surface area contributed by atoms with Gasteiger partial charge in [-0.05, 0) is 19.8 Å². The molecule has 0 spiro atoms. The fourth-order valence-corrected chi connectivity index (χ4v) is 2.06. The number of amides is 1. The maximum absolute atomic E-state index is 11.9. The number of likely N-dealkylation sites (tertiary alicyclic amines) is 1. The monoisotopic (exact) mass is 252 g/mol. The molecule has 0 saturated carbocycles. The standard InChI is InChI=1S/C12H16N2O4/c1-2-17-12(16)9-4-7-14(8-5-9)11(15)10-3-6-13-18-10/h3,6,9H,2,4-5,7-8H2,1H3. The second kappa shape index (κ2) is 5.66. The molecular weight excluding hydrogens is 236 g/mol. The number of hydrogen-bond acceptors (Lipinski definition) is 5. The van der Waals surface area contributed by atoms with E-state index in [1.807, 2.05) is 0 Å². The summed E-state index contributed by atoms with van der Waals surface area (Å²) in [6.45, 7) is 3.28. The Morgan fingerprint density at radius 2 is 2.22 bits per heavy atom. The van der Waals surface area contributed by atoms with Crippen LogP contribution in [0.1, 0.15) is 30.3 Å². The molecular formula is C12H16N2O4. The third-order valence-electron chi connectivity index (χ3n) is 3.05. The molecule has 1 fully saturated rings. The number of nitrogens with zero attached hydrogens (tertiary/aromatic N) is 2. The van der Waals surface area contributed by atoms with Gasteiger partial charge in [0.15, 0.2) is 0 Å². The van der Waals surface area contributed by atoms with E-state index in [-0.39, 0.29) is 23.6 Å². The third kappa shape index (κ3) is 2.69.